The lowest BCUT2D eigenvalue weighted by Crippen LogP contribution is -2.04. The SMILES string of the molecule is COC(=O)c1ccc(-c2cc(OC)ccc2F)c(C2=CCCCCCC2)c1. The van der Waals surface area contributed by atoms with E-state index in [1.165, 1.54) is 26.0 Å². The maximum absolute atomic E-state index is 14.6. The summed E-state index contributed by atoms with van der Waals surface area (Å²) in [6, 6.07) is 10.0. The molecule has 0 heterocycles. The van der Waals surface area contributed by atoms with Gasteiger partial charge in [-0.05, 0) is 72.7 Å². The van der Waals surface area contributed by atoms with Crippen LogP contribution in [0.4, 0.5) is 4.39 Å². The summed E-state index contributed by atoms with van der Waals surface area (Å²) in [7, 11) is 2.93. The molecule has 0 radical (unpaired) electrons. The van der Waals surface area contributed by atoms with E-state index >= 15 is 0 Å². The predicted molar refractivity (Wildman–Crippen MR) is 105 cm³/mol. The highest BCUT2D eigenvalue weighted by atomic mass is 19.1. The van der Waals surface area contributed by atoms with E-state index in [1.807, 2.05) is 6.07 Å². The molecule has 3 nitrogen and oxygen atoms in total. The first-order chi connectivity index (χ1) is 13.1. The molecule has 0 amide bonds. The Kier molecular flexibility index (Phi) is 6.28. The van der Waals surface area contributed by atoms with Gasteiger partial charge in [-0.2, -0.15) is 0 Å². The van der Waals surface area contributed by atoms with E-state index in [0.29, 0.717) is 16.9 Å². The highest BCUT2D eigenvalue weighted by Gasteiger charge is 2.17. The van der Waals surface area contributed by atoms with Crippen molar-refractivity contribution in [1.29, 1.82) is 0 Å². The molecule has 0 atom stereocenters. The van der Waals surface area contributed by atoms with Crippen LogP contribution < -0.4 is 4.74 Å². The lowest BCUT2D eigenvalue weighted by atomic mass is 9.88. The van der Waals surface area contributed by atoms with E-state index < -0.39 is 0 Å². The van der Waals surface area contributed by atoms with E-state index in [-0.39, 0.29) is 11.8 Å². The predicted octanol–water partition coefficient (Wildman–Crippen LogP) is 6.03. The quantitative estimate of drug-likeness (QED) is 0.619. The van der Waals surface area contributed by atoms with Crippen LogP contribution in [0.25, 0.3) is 16.7 Å². The van der Waals surface area contributed by atoms with Crippen molar-refractivity contribution in [1.82, 2.24) is 0 Å². The second-order valence-corrected chi connectivity index (χ2v) is 6.78. The normalized spacial score (nSPS) is 14.7. The lowest BCUT2D eigenvalue weighted by molar-refractivity contribution is 0.0600. The number of esters is 1. The maximum Gasteiger partial charge on any atom is 0.337 e. The molecule has 0 saturated heterocycles. The summed E-state index contributed by atoms with van der Waals surface area (Å²) in [6.45, 7) is 0. The molecule has 1 aliphatic carbocycles. The van der Waals surface area contributed by atoms with Crippen LogP contribution in [-0.2, 0) is 4.74 Å². The number of hydrogen-bond acceptors (Lipinski definition) is 3. The minimum Gasteiger partial charge on any atom is -0.497 e. The Balaban J connectivity index is 2.17. The molecule has 0 spiro atoms. The summed E-state index contributed by atoms with van der Waals surface area (Å²) in [5, 5.41) is 0. The van der Waals surface area contributed by atoms with Crippen molar-refractivity contribution in [3.8, 4) is 16.9 Å². The fourth-order valence-electron chi connectivity index (χ4n) is 3.56. The first kappa shape index (κ1) is 19.2. The van der Waals surface area contributed by atoms with Gasteiger partial charge in [-0.3, -0.25) is 0 Å². The van der Waals surface area contributed by atoms with Crippen LogP contribution in [-0.4, -0.2) is 20.2 Å². The lowest BCUT2D eigenvalue weighted by Gasteiger charge is -2.18. The molecule has 0 unspecified atom stereocenters. The van der Waals surface area contributed by atoms with Crippen molar-refractivity contribution in [2.75, 3.05) is 14.2 Å². The summed E-state index contributed by atoms with van der Waals surface area (Å²) in [4.78, 5) is 12.1. The van der Waals surface area contributed by atoms with E-state index in [4.69, 9.17) is 9.47 Å². The topological polar surface area (TPSA) is 35.5 Å². The third-order valence-electron chi connectivity index (χ3n) is 5.04. The van der Waals surface area contributed by atoms with Gasteiger partial charge in [0.2, 0.25) is 0 Å². The molecule has 0 aliphatic heterocycles. The zero-order chi connectivity index (χ0) is 19.2. The van der Waals surface area contributed by atoms with E-state index in [1.54, 1.807) is 31.4 Å². The standard InChI is InChI=1S/C23H25FO3/c1-26-18-11-13-22(24)21(15-18)19-12-10-17(23(25)27-2)14-20(19)16-8-6-4-3-5-7-9-16/h8,10-15H,3-7,9H2,1-2H3. The first-order valence-electron chi connectivity index (χ1n) is 9.39. The van der Waals surface area contributed by atoms with Crippen LogP contribution in [0.2, 0.25) is 0 Å². The molecule has 1 aliphatic rings. The number of benzene rings is 2. The van der Waals surface area contributed by atoms with Gasteiger partial charge >= 0.3 is 5.97 Å². The van der Waals surface area contributed by atoms with E-state index in [2.05, 4.69) is 6.08 Å². The van der Waals surface area contributed by atoms with E-state index in [9.17, 15) is 9.18 Å². The molecular formula is C23H25FO3. The van der Waals surface area contributed by atoms with Crippen LogP contribution in [0.3, 0.4) is 0 Å². The van der Waals surface area contributed by atoms with Gasteiger partial charge in [-0.1, -0.05) is 25.0 Å². The van der Waals surface area contributed by atoms with Crippen LogP contribution in [0.15, 0.2) is 42.5 Å². The van der Waals surface area contributed by atoms with Gasteiger partial charge in [0.15, 0.2) is 0 Å². The number of carbonyl (C=O) groups is 1. The monoisotopic (exact) mass is 368 g/mol. The minimum atomic E-state index is -0.389. The molecule has 2 aromatic rings. The zero-order valence-corrected chi connectivity index (χ0v) is 15.9. The Morgan fingerprint density at radius 2 is 1.74 bits per heavy atom. The molecule has 142 valence electrons. The Bertz CT molecular complexity index is 855. The van der Waals surface area contributed by atoms with Gasteiger partial charge in [-0.15, -0.1) is 0 Å². The second kappa shape index (κ2) is 8.85. The molecule has 3 rings (SSSR count). The molecule has 0 fully saturated rings. The van der Waals surface area contributed by atoms with Crippen LogP contribution in [0.1, 0.15) is 54.4 Å². The van der Waals surface area contributed by atoms with Crippen molar-refractivity contribution in [3.05, 3.63) is 59.4 Å². The first-order valence-corrected chi connectivity index (χ1v) is 9.39. The maximum atomic E-state index is 14.6. The van der Waals surface area contributed by atoms with Crippen molar-refractivity contribution < 1.29 is 18.7 Å². The van der Waals surface area contributed by atoms with Gasteiger partial charge < -0.3 is 9.47 Å². The highest BCUT2D eigenvalue weighted by Crippen LogP contribution is 2.36. The van der Waals surface area contributed by atoms with Gasteiger partial charge in [0.25, 0.3) is 0 Å². The number of methoxy groups -OCH3 is 2. The van der Waals surface area contributed by atoms with Crippen LogP contribution >= 0.6 is 0 Å². The van der Waals surface area contributed by atoms with E-state index in [0.717, 1.165) is 42.4 Å². The summed E-state index contributed by atoms with van der Waals surface area (Å²) >= 11 is 0. The molecule has 2 aromatic carbocycles. The largest absolute Gasteiger partial charge is 0.497 e. The average Bonchev–Trinajstić information content (AvgIpc) is 2.67. The Labute approximate surface area is 159 Å². The molecule has 27 heavy (non-hydrogen) atoms. The molecule has 4 heteroatoms. The number of carbonyl (C=O) groups excluding carboxylic acids is 1. The Hall–Kier alpha value is -2.62. The van der Waals surface area contributed by atoms with Crippen LogP contribution in [0.5, 0.6) is 5.75 Å². The molecule has 0 aromatic heterocycles. The van der Waals surface area contributed by atoms with Gasteiger partial charge in [-0.25, -0.2) is 9.18 Å². The third-order valence-corrected chi connectivity index (χ3v) is 5.04. The molecule has 0 saturated carbocycles. The smallest absolute Gasteiger partial charge is 0.337 e. The summed E-state index contributed by atoms with van der Waals surface area (Å²) in [5.41, 5.74) is 3.78. The van der Waals surface area contributed by atoms with Gasteiger partial charge in [0, 0.05) is 5.56 Å². The zero-order valence-electron chi connectivity index (χ0n) is 15.9. The Morgan fingerprint density at radius 1 is 0.926 bits per heavy atom. The minimum absolute atomic E-state index is 0.311. The van der Waals surface area contributed by atoms with Gasteiger partial charge in [0.05, 0.1) is 19.8 Å². The summed E-state index contributed by atoms with van der Waals surface area (Å²) in [5.74, 6) is -0.101. The Morgan fingerprint density at radius 3 is 2.52 bits per heavy atom. The number of allylic oxidation sites excluding steroid dienone is 2. The average molecular weight is 368 g/mol. The number of rotatable bonds is 4. The number of ether oxygens (including phenoxy) is 2. The fourth-order valence-corrected chi connectivity index (χ4v) is 3.56. The number of halogens is 1. The van der Waals surface area contributed by atoms with Crippen molar-refractivity contribution in [3.63, 3.8) is 0 Å². The molecule has 0 bridgehead atoms. The fraction of sp³-hybridized carbons (Fsp3) is 0.348. The number of hydrogen-bond donors (Lipinski definition) is 0. The molecular weight excluding hydrogens is 343 g/mol. The summed E-state index contributed by atoms with van der Waals surface area (Å²) in [6.07, 6.45) is 8.83. The van der Waals surface area contributed by atoms with Gasteiger partial charge in [0.1, 0.15) is 11.6 Å². The van der Waals surface area contributed by atoms with Crippen molar-refractivity contribution >= 4 is 11.5 Å². The highest BCUT2D eigenvalue weighted by molar-refractivity contribution is 5.93. The van der Waals surface area contributed by atoms with Crippen molar-refractivity contribution in [2.24, 2.45) is 0 Å². The molecule has 0 N–H and O–H groups in total. The van der Waals surface area contributed by atoms with Crippen molar-refractivity contribution in [2.45, 2.75) is 38.5 Å². The second-order valence-electron chi connectivity index (χ2n) is 6.78. The third kappa shape index (κ3) is 4.38. The van der Waals surface area contributed by atoms with Crippen LogP contribution in [0, 0.1) is 5.82 Å². The summed E-state index contributed by atoms with van der Waals surface area (Å²) < 4.78 is 24.8.